The van der Waals surface area contributed by atoms with E-state index in [9.17, 15) is 0 Å². The molecule has 5 heteroatoms. The summed E-state index contributed by atoms with van der Waals surface area (Å²) in [5.74, 6) is 0.862. The van der Waals surface area contributed by atoms with Gasteiger partial charge in [-0.25, -0.2) is 0 Å². The molecule has 0 bridgehead atoms. The molecule has 0 amide bonds. The van der Waals surface area contributed by atoms with E-state index in [1.807, 2.05) is 37.4 Å². The van der Waals surface area contributed by atoms with Gasteiger partial charge in [-0.05, 0) is 32.2 Å². The van der Waals surface area contributed by atoms with Crippen molar-refractivity contribution in [3.63, 3.8) is 0 Å². The van der Waals surface area contributed by atoms with Crippen LogP contribution in [0.3, 0.4) is 0 Å². The molecule has 104 valence electrons. The zero-order valence-corrected chi connectivity index (χ0v) is 13.2. The van der Waals surface area contributed by atoms with Crippen molar-refractivity contribution in [1.29, 1.82) is 0 Å². The molecule has 4 nitrogen and oxygen atoms in total. The highest BCUT2D eigenvalue weighted by Gasteiger charge is 2.04. The lowest BCUT2D eigenvalue weighted by Gasteiger charge is -2.11. The Hall–Kier alpha value is -2.01. The third-order valence-corrected chi connectivity index (χ3v) is 3.45. The minimum absolute atomic E-state index is 0.674. The molecule has 0 radical (unpaired) electrons. The molecular formula is C15H19N3OSi. The van der Waals surface area contributed by atoms with Gasteiger partial charge in [0.25, 0.3) is 0 Å². The topological polar surface area (TPSA) is 47.4 Å². The van der Waals surface area contributed by atoms with Crippen LogP contribution in [0.1, 0.15) is 11.4 Å². The van der Waals surface area contributed by atoms with Crippen molar-refractivity contribution in [1.82, 2.24) is 9.97 Å². The minimum Gasteiger partial charge on any atom is -0.546 e. The third-order valence-electron chi connectivity index (χ3n) is 2.73. The van der Waals surface area contributed by atoms with Crippen molar-refractivity contribution in [3.8, 4) is 5.75 Å². The standard InChI is InChI=1S/C15H19N3OSi/c1-12-13(18-11-10-16-12)8-9-17-14-6-4-5-7-15(14)19-20(2)3/h4-7,9-11,20H,8H2,1-3H3. The molecule has 0 saturated heterocycles. The Bertz CT molecular complexity index is 599. The van der Waals surface area contributed by atoms with Gasteiger partial charge in [0.1, 0.15) is 11.4 Å². The first-order valence-electron chi connectivity index (χ1n) is 6.71. The van der Waals surface area contributed by atoms with Crippen LogP contribution in [0.4, 0.5) is 5.69 Å². The second kappa shape index (κ2) is 6.95. The van der Waals surface area contributed by atoms with Gasteiger partial charge in [-0.2, -0.15) is 0 Å². The Labute approximate surface area is 121 Å². The Kier molecular flexibility index (Phi) is 5.01. The second-order valence-corrected chi connectivity index (χ2v) is 7.07. The molecule has 0 fully saturated rings. The van der Waals surface area contributed by atoms with Crippen LogP contribution in [-0.4, -0.2) is 25.2 Å². The molecule has 0 aliphatic rings. The maximum atomic E-state index is 5.87. The van der Waals surface area contributed by atoms with Crippen LogP contribution >= 0.6 is 0 Å². The molecule has 20 heavy (non-hydrogen) atoms. The molecule has 2 aromatic rings. The zero-order chi connectivity index (χ0) is 14.4. The van der Waals surface area contributed by atoms with Gasteiger partial charge in [-0.1, -0.05) is 12.1 Å². The molecule has 1 aromatic heterocycles. The van der Waals surface area contributed by atoms with Crippen LogP contribution in [-0.2, 0) is 6.42 Å². The lowest BCUT2D eigenvalue weighted by atomic mass is 10.2. The summed E-state index contributed by atoms with van der Waals surface area (Å²) in [5, 5.41) is 0. The van der Waals surface area contributed by atoms with Gasteiger partial charge in [-0.15, -0.1) is 0 Å². The van der Waals surface area contributed by atoms with E-state index < -0.39 is 9.04 Å². The third kappa shape index (κ3) is 3.99. The van der Waals surface area contributed by atoms with Gasteiger partial charge in [0.05, 0.1) is 11.4 Å². The van der Waals surface area contributed by atoms with Crippen LogP contribution in [0.5, 0.6) is 5.75 Å². The number of hydrogen-bond donors (Lipinski definition) is 0. The normalized spacial score (nSPS) is 11.2. The fraction of sp³-hybridized carbons (Fsp3) is 0.267. The first-order valence-corrected chi connectivity index (χ1v) is 9.49. The number of aliphatic imine (C=N–C) groups is 1. The smallest absolute Gasteiger partial charge is 0.229 e. The average Bonchev–Trinajstić information content (AvgIpc) is 2.42. The Morgan fingerprint density at radius 3 is 2.70 bits per heavy atom. The van der Waals surface area contributed by atoms with Crippen molar-refractivity contribution < 1.29 is 4.43 Å². The van der Waals surface area contributed by atoms with Crippen molar-refractivity contribution >= 4 is 20.9 Å². The summed E-state index contributed by atoms with van der Waals surface area (Å²) in [5.41, 5.74) is 2.77. The lowest BCUT2D eigenvalue weighted by Crippen LogP contribution is -2.11. The first kappa shape index (κ1) is 14.4. The molecule has 0 saturated carbocycles. The van der Waals surface area contributed by atoms with Crippen LogP contribution < -0.4 is 4.43 Å². The molecule has 0 atom stereocenters. The fourth-order valence-corrected chi connectivity index (χ4v) is 2.49. The summed E-state index contributed by atoms with van der Waals surface area (Å²) >= 11 is 0. The van der Waals surface area contributed by atoms with Crippen molar-refractivity contribution in [2.45, 2.75) is 26.4 Å². The molecule has 2 rings (SSSR count). The van der Waals surface area contributed by atoms with E-state index in [0.717, 1.165) is 22.8 Å². The van der Waals surface area contributed by atoms with Crippen molar-refractivity contribution in [2.24, 2.45) is 4.99 Å². The summed E-state index contributed by atoms with van der Waals surface area (Å²) in [7, 11) is -1.12. The Balaban J connectivity index is 2.10. The summed E-state index contributed by atoms with van der Waals surface area (Å²) in [6, 6.07) is 7.87. The molecule has 0 aliphatic carbocycles. The molecule has 1 heterocycles. The second-order valence-electron chi connectivity index (χ2n) is 4.74. The van der Waals surface area contributed by atoms with Crippen LogP contribution in [0.15, 0.2) is 41.7 Å². The average molecular weight is 285 g/mol. The first-order chi connectivity index (χ1) is 9.66. The number of nitrogens with zero attached hydrogens (tertiary/aromatic N) is 3. The van der Waals surface area contributed by atoms with Gasteiger partial charge in [0.15, 0.2) is 0 Å². The Morgan fingerprint density at radius 1 is 1.20 bits per heavy atom. The van der Waals surface area contributed by atoms with E-state index in [4.69, 9.17) is 4.43 Å². The van der Waals surface area contributed by atoms with Gasteiger partial charge in [0.2, 0.25) is 9.04 Å². The van der Waals surface area contributed by atoms with E-state index in [1.54, 1.807) is 12.4 Å². The number of benzene rings is 1. The summed E-state index contributed by atoms with van der Waals surface area (Å²) in [6.45, 7) is 6.24. The summed E-state index contributed by atoms with van der Waals surface area (Å²) in [4.78, 5) is 13.0. The monoisotopic (exact) mass is 285 g/mol. The molecular weight excluding hydrogens is 266 g/mol. The minimum atomic E-state index is -1.12. The van der Waals surface area contributed by atoms with Gasteiger partial charge in [-0.3, -0.25) is 15.0 Å². The van der Waals surface area contributed by atoms with E-state index in [2.05, 4.69) is 28.1 Å². The number of hydrogen-bond acceptors (Lipinski definition) is 4. The lowest BCUT2D eigenvalue weighted by molar-refractivity contribution is 0.582. The van der Waals surface area contributed by atoms with E-state index in [1.165, 1.54) is 0 Å². The van der Waals surface area contributed by atoms with Crippen molar-refractivity contribution in [3.05, 3.63) is 48.0 Å². The van der Waals surface area contributed by atoms with Gasteiger partial charge >= 0.3 is 0 Å². The summed E-state index contributed by atoms with van der Waals surface area (Å²) in [6.07, 6.45) is 5.94. The number of para-hydroxylation sites is 2. The molecule has 0 aliphatic heterocycles. The fourth-order valence-electron chi connectivity index (χ4n) is 1.78. The highest BCUT2D eigenvalue weighted by Crippen LogP contribution is 2.27. The quantitative estimate of drug-likeness (QED) is 0.626. The Morgan fingerprint density at radius 2 is 1.95 bits per heavy atom. The molecule has 0 N–H and O–H groups in total. The van der Waals surface area contributed by atoms with Crippen LogP contribution in [0.2, 0.25) is 13.1 Å². The molecule has 0 spiro atoms. The number of aryl methyl sites for hydroxylation is 1. The van der Waals surface area contributed by atoms with Crippen molar-refractivity contribution in [2.75, 3.05) is 0 Å². The predicted molar refractivity (Wildman–Crippen MR) is 84.6 cm³/mol. The highest BCUT2D eigenvalue weighted by molar-refractivity contribution is 6.49. The van der Waals surface area contributed by atoms with E-state index >= 15 is 0 Å². The SMILES string of the molecule is Cc1nccnc1CC=Nc1ccccc1O[SiH](C)C. The van der Waals surface area contributed by atoms with Gasteiger partial charge < -0.3 is 4.43 Å². The highest BCUT2D eigenvalue weighted by atomic mass is 28.3. The number of rotatable bonds is 5. The molecule has 1 aromatic carbocycles. The maximum Gasteiger partial charge on any atom is 0.229 e. The summed E-state index contributed by atoms with van der Waals surface area (Å²) < 4.78 is 5.87. The maximum absolute atomic E-state index is 5.87. The molecule has 0 unspecified atom stereocenters. The predicted octanol–water partition coefficient (Wildman–Crippen LogP) is 3.09. The van der Waals surface area contributed by atoms with Crippen LogP contribution in [0.25, 0.3) is 0 Å². The number of aromatic nitrogens is 2. The van der Waals surface area contributed by atoms with E-state index in [-0.39, 0.29) is 0 Å². The van der Waals surface area contributed by atoms with E-state index in [0.29, 0.717) is 6.42 Å². The largest absolute Gasteiger partial charge is 0.546 e. The van der Waals surface area contributed by atoms with Crippen LogP contribution in [0, 0.1) is 6.92 Å². The van der Waals surface area contributed by atoms with Gasteiger partial charge in [0, 0.05) is 25.0 Å². The zero-order valence-electron chi connectivity index (χ0n) is 12.1.